The zero-order chi connectivity index (χ0) is 25.2. The van der Waals surface area contributed by atoms with Gasteiger partial charge in [-0.1, -0.05) is 48.0 Å². The standard InChI is InChI=1S/C24H20FN3O5S2/c1-16-7-13-20(14-8-16)35(32,33)24-23(27-22(28-24)17-5-3-2-4-6-17)34(30,31)15-21(29)26-19-11-9-18(25)10-12-19/h2-14H,15H2,1H3,(H,26,29)(H,27,28). The van der Waals surface area contributed by atoms with Crippen molar-refractivity contribution in [2.75, 3.05) is 11.1 Å². The number of rotatable bonds is 7. The average molecular weight is 514 g/mol. The van der Waals surface area contributed by atoms with Crippen LogP contribution in [0.4, 0.5) is 10.1 Å². The number of imidazole rings is 1. The summed E-state index contributed by atoms with van der Waals surface area (Å²) in [5.74, 6) is -2.50. The van der Waals surface area contributed by atoms with Gasteiger partial charge in [0.05, 0.1) is 4.90 Å². The number of halogens is 1. The van der Waals surface area contributed by atoms with E-state index in [0.717, 1.165) is 17.7 Å². The number of anilines is 1. The van der Waals surface area contributed by atoms with Gasteiger partial charge in [-0.05, 0) is 43.3 Å². The molecule has 1 amide bonds. The molecule has 11 heteroatoms. The van der Waals surface area contributed by atoms with E-state index in [1.54, 1.807) is 49.4 Å². The van der Waals surface area contributed by atoms with Crippen molar-refractivity contribution < 1.29 is 26.0 Å². The fraction of sp³-hybridized carbons (Fsp3) is 0.0833. The van der Waals surface area contributed by atoms with E-state index in [-0.39, 0.29) is 16.4 Å². The van der Waals surface area contributed by atoms with Crippen molar-refractivity contribution in [2.24, 2.45) is 0 Å². The quantitative estimate of drug-likeness (QED) is 0.387. The summed E-state index contributed by atoms with van der Waals surface area (Å²) >= 11 is 0. The number of sulfone groups is 2. The largest absolute Gasteiger partial charge is 0.328 e. The van der Waals surface area contributed by atoms with Crippen LogP contribution in [0, 0.1) is 12.7 Å². The summed E-state index contributed by atoms with van der Waals surface area (Å²) in [7, 11) is -8.84. The highest BCUT2D eigenvalue weighted by Gasteiger charge is 2.34. The molecule has 1 heterocycles. The van der Waals surface area contributed by atoms with Crippen LogP contribution in [0.25, 0.3) is 11.4 Å². The molecule has 1 aromatic heterocycles. The van der Waals surface area contributed by atoms with Gasteiger partial charge in [0.25, 0.3) is 0 Å². The Kier molecular flexibility index (Phi) is 6.55. The number of amides is 1. The first-order chi connectivity index (χ1) is 16.6. The van der Waals surface area contributed by atoms with Crippen molar-refractivity contribution in [2.45, 2.75) is 21.9 Å². The molecule has 0 aliphatic heterocycles. The van der Waals surface area contributed by atoms with Crippen LogP contribution in [0.1, 0.15) is 5.56 Å². The topological polar surface area (TPSA) is 126 Å². The van der Waals surface area contributed by atoms with Crippen molar-refractivity contribution in [1.29, 1.82) is 0 Å². The Balaban J connectivity index is 1.76. The Morgan fingerprint density at radius 2 is 1.54 bits per heavy atom. The number of aromatic nitrogens is 2. The van der Waals surface area contributed by atoms with Crippen LogP contribution in [-0.2, 0) is 24.5 Å². The first-order valence-electron chi connectivity index (χ1n) is 10.3. The molecule has 180 valence electrons. The van der Waals surface area contributed by atoms with Crippen LogP contribution in [-0.4, -0.2) is 38.5 Å². The highest BCUT2D eigenvalue weighted by Crippen LogP contribution is 2.29. The number of hydrogen-bond donors (Lipinski definition) is 2. The van der Waals surface area contributed by atoms with Crippen LogP contribution in [0.2, 0.25) is 0 Å². The Hall–Kier alpha value is -3.83. The van der Waals surface area contributed by atoms with Gasteiger partial charge in [0.1, 0.15) is 17.4 Å². The van der Waals surface area contributed by atoms with Gasteiger partial charge < -0.3 is 10.3 Å². The van der Waals surface area contributed by atoms with Gasteiger partial charge >= 0.3 is 0 Å². The number of H-pyrrole nitrogens is 1. The first-order valence-corrected chi connectivity index (χ1v) is 13.5. The van der Waals surface area contributed by atoms with Gasteiger partial charge in [0, 0.05) is 11.3 Å². The predicted octanol–water partition coefficient (Wildman–Crippen LogP) is 3.77. The minimum Gasteiger partial charge on any atom is -0.328 e. The minimum atomic E-state index is -4.51. The Morgan fingerprint density at radius 3 is 2.17 bits per heavy atom. The second kappa shape index (κ2) is 9.43. The van der Waals surface area contributed by atoms with Crippen LogP contribution >= 0.6 is 0 Å². The number of nitrogens with one attached hydrogen (secondary N) is 2. The molecule has 35 heavy (non-hydrogen) atoms. The Morgan fingerprint density at radius 1 is 0.914 bits per heavy atom. The lowest BCUT2D eigenvalue weighted by molar-refractivity contribution is -0.113. The molecule has 0 unspecified atom stereocenters. The van der Waals surface area contributed by atoms with Crippen molar-refractivity contribution in [3.05, 3.63) is 90.2 Å². The summed E-state index contributed by atoms with van der Waals surface area (Å²) in [6.45, 7) is 1.79. The molecular formula is C24H20FN3O5S2. The van der Waals surface area contributed by atoms with Crippen LogP contribution < -0.4 is 5.32 Å². The maximum absolute atomic E-state index is 13.4. The summed E-state index contributed by atoms with van der Waals surface area (Å²) in [5, 5.41) is 0.969. The van der Waals surface area contributed by atoms with Gasteiger partial charge in [-0.3, -0.25) is 4.79 Å². The second-order valence-corrected chi connectivity index (χ2v) is 11.5. The molecule has 0 atom stereocenters. The number of carbonyl (C=O) groups is 1. The highest BCUT2D eigenvalue weighted by atomic mass is 32.2. The lowest BCUT2D eigenvalue weighted by atomic mass is 10.2. The number of carbonyl (C=O) groups excluding carboxylic acids is 1. The van der Waals surface area contributed by atoms with Crippen LogP contribution in [0.15, 0.2) is 93.8 Å². The summed E-state index contributed by atoms with van der Waals surface area (Å²) in [6.07, 6.45) is 0. The number of hydrogen-bond acceptors (Lipinski definition) is 6. The van der Waals surface area contributed by atoms with Crippen LogP contribution in [0.3, 0.4) is 0 Å². The molecule has 0 aliphatic carbocycles. The Bertz CT molecular complexity index is 1580. The molecule has 0 saturated carbocycles. The van der Waals surface area contributed by atoms with E-state index in [1.807, 2.05) is 0 Å². The summed E-state index contributed by atoms with van der Waals surface area (Å²) < 4.78 is 66.3. The number of aromatic amines is 1. The molecule has 0 spiro atoms. The van der Waals surface area contributed by atoms with E-state index in [9.17, 15) is 26.0 Å². The van der Waals surface area contributed by atoms with Gasteiger partial charge in [-0.15, -0.1) is 0 Å². The highest BCUT2D eigenvalue weighted by molar-refractivity contribution is 7.94. The fourth-order valence-electron chi connectivity index (χ4n) is 3.27. The van der Waals surface area contributed by atoms with Crippen molar-refractivity contribution in [3.8, 4) is 11.4 Å². The predicted molar refractivity (Wildman–Crippen MR) is 128 cm³/mol. The molecule has 0 aliphatic rings. The molecular weight excluding hydrogens is 493 g/mol. The third kappa shape index (κ3) is 5.31. The molecule has 0 saturated heterocycles. The van der Waals surface area contributed by atoms with Crippen molar-refractivity contribution >= 4 is 31.3 Å². The van der Waals surface area contributed by atoms with Crippen LogP contribution in [0.5, 0.6) is 0 Å². The second-order valence-electron chi connectivity index (χ2n) is 7.72. The SMILES string of the molecule is Cc1ccc(S(=O)(=O)c2[nH]c(-c3ccccc3)nc2S(=O)(=O)CC(=O)Nc2ccc(F)cc2)cc1. The molecule has 4 rings (SSSR count). The number of nitrogens with zero attached hydrogens (tertiary/aromatic N) is 1. The summed E-state index contributed by atoms with van der Waals surface area (Å²) in [4.78, 5) is 19.0. The van der Waals surface area contributed by atoms with E-state index < -0.39 is 47.2 Å². The molecule has 0 bridgehead atoms. The maximum atomic E-state index is 13.4. The van der Waals surface area contributed by atoms with Gasteiger partial charge in [-0.25, -0.2) is 26.2 Å². The van der Waals surface area contributed by atoms with E-state index in [4.69, 9.17) is 0 Å². The van der Waals surface area contributed by atoms with Gasteiger partial charge in [-0.2, -0.15) is 0 Å². The Labute approximate surface area is 201 Å². The lowest BCUT2D eigenvalue weighted by Crippen LogP contribution is -2.24. The third-order valence-corrected chi connectivity index (χ3v) is 8.41. The maximum Gasteiger partial charge on any atom is 0.240 e. The monoisotopic (exact) mass is 513 g/mol. The number of aryl methyl sites for hydroxylation is 1. The van der Waals surface area contributed by atoms with Crippen molar-refractivity contribution in [1.82, 2.24) is 9.97 Å². The van der Waals surface area contributed by atoms with Crippen molar-refractivity contribution in [3.63, 3.8) is 0 Å². The summed E-state index contributed by atoms with van der Waals surface area (Å²) in [5.41, 5.74) is 1.47. The zero-order valence-electron chi connectivity index (χ0n) is 18.4. The van der Waals surface area contributed by atoms with Gasteiger partial charge in [0.2, 0.25) is 25.6 Å². The molecule has 2 N–H and O–H groups in total. The molecule has 8 nitrogen and oxygen atoms in total. The molecule has 4 aromatic rings. The van der Waals surface area contributed by atoms with E-state index in [0.29, 0.717) is 5.56 Å². The van der Waals surface area contributed by atoms with E-state index >= 15 is 0 Å². The zero-order valence-corrected chi connectivity index (χ0v) is 20.0. The lowest BCUT2D eigenvalue weighted by Gasteiger charge is -2.08. The van der Waals surface area contributed by atoms with Gasteiger partial charge in [0.15, 0.2) is 10.1 Å². The molecule has 3 aromatic carbocycles. The smallest absolute Gasteiger partial charge is 0.240 e. The van der Waals surface area contributed by atoms with E-state index in [1.165, 1.54) is 24.3 Å². The molecule has 0 fully saturated rings. The van der Waals surface area contributed by atoms with E-state index in [2.05, 4.69) is 15.3 Å². The normalized spacial score (nSPS) is 11.8. The molecule has 0 radical (unpaired) electrons. The minimum absolute atomic E-state index is 0.0220. The first kappa shape index (κ1) is 24.3. The fourth-order valence-corrected chi connectivity index (χ4v) is 6.34. The summed E-state index contributed by atoms with van der Waals surface area (Å²) in [6, 6.07) is 19.1. The number of benzene rings is 3. The third-order valence-electron chi connectivity index (χ3n) is 5.03. The average Bonchev–Trinajstić information content (AvgIpc) is 3.29.